The second-order valence-electron chi connectivity index (χ2n) is 2.96. The summed E-state index contributed by atoms with van der Waals surface area (Å²) in [5, 5.41) is 2.38. The smallest absolute Gasteiger partial charge is 0.0818 e. The average Bonchev–Trinajstić information content (AvgIpc) is 2.31. The topological polar surface area (TPSA) is 25.2 Å². The first-order valence-corrected chi connectivity index (χ1v) is 4.90. The molecule has 0 N–H and O–H groups in total. The van der Waals surface area contributed by atoms with Crippen LogP contribution in [0.3, 0.4) is 0 Å². The van der Waals surface area contributed by atoms with Crippen LogP contribution in [0.25, 0.3) is 11.1 Å². The van der Waals surface area contributed by atoms with E-state index in [-0.39, 0.29) is 0 Å². The summed E-state index contributed by atoms with van der Waals surface area (Å²) in [4.78, 5) is 8.09. The molecule has 1 aromatic heterocycles. The minimum absolute atomic E-state index is 0.820. The van der Waals surface area contributed by atoms with Gasteiger partial charge in [0.1, 0.15) is 0 Å². The number of pyridine rings is 1. The van der Waals surface area contributed by atoms with Crippen molar-refractivity contribution in [1.82, 2.24) is 4.98 Å². The number of hydrogen-bond acceptors (Lipinski definition) is 3. The van der Waals surface area contributed by atoms with Crippen LogP contribution in [0.1, 0.15) is 0 Å². The number of aliphatic imine (C=N–C) groups is 1. The van der Waals surface area contributed by atoms with Crippen LogP contribution in [0.4, 0.5) is 5.69 Å². The second kappa shape index (κ2) is 4.60. The Morgan fingerprint density at radius 3 is 2.73 bits per heavy atom. The third-order valence-corrected chi connectivity index (χ3v) is 2.13. The van der Waals surface area contributed by atoms with E-state index in [2.05, 4.69) is 27.4 Å². The zero-order chi connectivity index (χ0) is 10.5. The molecule has 0 spiro atoms. The van der Waals surface area contributed by atoms with Crippen LogP contribution < -0.4 is 0 Å². The van der Waals surface area contributed by atoms with E-state index in [9.17, 15) is 0 Å². The molecule has 0 aliphatic heterocycles. The molecule has 0 aliphatic carbocycles. The molecule has 72 valence electrons. The van der Waals surface area contributed by atoms with Crippen LogP contribution in [-0.2, 0) is 0 Å². The summed E-state index contributed by atoms with van der Waals surface area (Å²) in [5.74, 6) is 0. The van der Waals surface area contributed by atoms with Crippen LogP contribution in [0.15, 0.2) is 53.8 Å². The number of rotatable bonds is 2. The molecule has 0 aliphatic rings. The minimum atomic E-state index is 0.820. The first kappa shape index (κ1) is 9.71. The zero-order valence-corrected chi connectivity index (χ0v) is 8.74. The van der Waals surface area contributed by atoms with Gasteiger partial charge in [0.2, 0.25) is 0 Å². The molecule has 0 saturated heterocycles. The zero-order valence-electron chi connectivity index (χ0n) is 7.92. The Hall–Kier alpha value is -1.83. The van der Waals surface area contributed by atoms with Crippen molar-refractivity contribution in [3.05, 3.63) is 48.8 Å². The van der Waals surface area contributed by atoms with Crippen molar-refractivity contribution in [2.75, 3.05) is 0 Å². The van der Waals surface area contributed by atoms with E-state index in [1.54, 1.807) is 12.4 Å². The second-order valence-corrected chi connectivity index (χ2v) is 3.14. The van der Waals surface area contributed by atoms with Gasteiger partial charge in [0.15, 0.2) is 0 Å². The Balaban J connectivity index is 2.58. The Kier molecular flexibility index (Phi) is 2.98. The van der Waals surface area contributed by atoms with Crippen LogP contribution in [0, 0.1) is 0 Å². The maximum Gasteiger partial charge on any atom is 0.0818 e. The maximum absolute atomic E-state index is 4.61. The fourth-order valence-corrected chi connectivity index (χ4v) is 1.48. The SMILES string of the molecule is S=C=Nc1ccccc1-c1cccnc1. The van der Waals surface area contributed by atoms with Crippen molar-refractivity contribution in [3.63, 3.8) is 0 Å². The molecule has 15 heavy (non-hydrogen) atoms. The number of benzene rings is 1. The molecule has 0 atom stereocenters. The van der Waals surface area contributed by atoms with E-state index in [0.717, 1.165) is 16.8 Å². The van der Waals surface area contributed by atoms with E-state index in [4.69, 9.17) is 0 Å². The first-order chi connectivity index (χ1) is 7.42. The van der Waals surface area contributed by atoms with Crippen molar-refractivity contribution in [2.24, 2.45) is 4.99 Å². The van der Waals surface area contributed by atoms with Gasteiger partial charge in [-0.15, -0.1) is 0 Å². The highest BCUT2D eigenvalue weighted by Crippen LogP contribution is 2.28. The Morgan fingerprint density at radius 2 is 2.00 bits per heavy atom. The van der Waals surface area contributed by atoms with Gasteiger partial charge in [-0.1, -0.05) is 24.3 Å². The van der Waals surface area contributed by atoms with Crippen molar-refractivity contribution in [2.45, 2.75) is 0 Å². The Bertz CT molecular complexity index is 502. The van der Waals surface area contributed by atoms with Crippen molar-refractivity contribution < 1.29 is 0 Å². The summed E-state index contributed by atoms with van der Waals surface area (Å²) in [6.45, 7) is 0. The van der Waals surface area contributed by atoms with Gasteiger partial charge in [0.25, 0.3) is 0 Å². The molecular formula is C12H8N2S. The predicted octanol–water partition coefficient (Wildman–Crippen LogP) is 3.48. The highest BCUT2D eigenvalue weighted by Gasteiger charge is 2.02. The molecule has 2 nitrogen and oxygen atoms in total. The number of isothiocyanates is 1. The highest BCUT2D eigenvalue weighted by molar-refractivity contribution is 7.78. The lowest BCUT2D eigenvalue weighted by Gasteiger charge is -2.03. The summed E-state index contributed by atoms with van der Waals surface area (Å²) in [6.07, 6.45) is 3.55. The molecule has 0 saturated carbocycles. The summed E-state index contributed by atoms with van der Waals surface area (Å²) >= 11 is 4.61. The summed E-state index contributed by atoms with van der Waals surface area (Å²) in [5.41, 5.74) is 2.87. The standard InChI is InChI=1S/C12H8N2S/c15-9-14-12-6-2-1-5-11(12)10-4-3-7-13-8-10/h1-8H. The maximum atomic E-state index is 4.61. The molecule has 0 fully saturated rings. The molecule has 0 amide bonds. The normalized spacial score (nSPS) is 9.33. The Labute approximate surface area is 93.3 Å². The average molecular weight is 212 g/mol. The van der Waals surface area contributed by atoms with Gasteiger partial charge in [0, 0.05) is 23.5 Å². The summed E-state index contributed by atoms with van der Waals surface area (Å²) in [6, 6.07) is 11.7. The van der Waals surface area contributed by atoms with Crippen LogP contribution in [0.2, 0.25) is 0 Å². The molecule has 1 heterocycles. The van der Waals surface area contributed by atoms with Crippen LogP contribution in [-0.4, -0.2) is 10.1 Å². The van der Waals surface area contributed by atoms with E-state index in [1.807, 2.05) is 36.4 Å². The van der Waals surface area contributed by atoms with Gasteiger partial charge in [-0.2, -0.15) is 4.99 Å². The van der Waals surface area contributed by atoms with E-state index in [1.165, 1.54) is 0 Å². The monoisotopic (exact) mass is 212 g/mol. The van der Waals surface area contributed by atoms with Gasteiger partial charge in [-0.25, -0.2) is 0 Å². The molecule has 2 rings (SSSR count). The van der Waals surface area contributed by atoms with E-state index < -0.39 is 0 Å². The fourth-order valence-electron chi connectivity index (χ4n) is 1.39. The molecule has 3 heteroatoms. The van der Waals surface area contributed by atoms with Crippen LogP contribution >= 0.6 is 12.2 Å². The lowest BCUT2D eigenvalue weighted by Crippen LogP contribution is -1.79. The molecular weight excluding hydrogens is 204 g/mol. The minimum Gasteiger partial charge on any atom is -0.264 e. The molecule has 1 aromatic carbocycles. The largest absolute Gasteiger partial charge is 0.264 e. The summed E-state index contributed by atoms with van der Waals surface area (Å²) < 4.78 is 0. The van der Waals surface area contributed by atoms with Gasteiger partial charge >= 0.3 is 0 Å². The van der Waals surface area contributed by atoms with Crippen molar-refractivity contribution in [3.8, 4) is 11.1 Å². The third-order valence-electron chi connectivity index (χ3n) is 2.04. The number of nitrogens with zero attached hydrogens (tertiary/aromatic N) is 2. The molecule has 2 aromatic rings. The predicted molar refractivity (Wildman–Crippen MR) is 64.4 cm³/mol. The van der Waals surface area contributed by atoms with E-state index in [0.29, 0.717) is 0 Å². The Morgan fingerprint density at radius 1 is 1.13 bits per heavy atom. The molecule has 0 unspecified atom stereocenters. The highest BCUT2D eigenvalue weighted by atomic mass is 32.1. The number of hydrogen-bond donors (Lipinski definition) is 0. The number of thiocarbonyl (C=S) groups is 1. The summed E-state index contributed by atoms with van der Waals surface area (Å²) in [7, 11) is 0. The lowest BCUT2D eigenvalue weighted by molar-refractivity contribution is 1.33. The number of para-hydroxylation sites is 1. The molecule has 0 bridgehead atoms. The number of aromatic nitrogens is 1. The quantitative estimate of drug-likeness (QED) is 0.562. The molecule has 0 radical (unpaired) electrons. The van der Waals surface area contributed by atoms with Gasteiger partial charge in [-0.3, -0.25) is 4.98 Å². The van der Waals surface area contributed by atoms with Crippen LogP contribution in [0.5, 0.6) is 0 Å². The van der Waals surface area contributed by atoms with Crippen molar-refractivity contribution >= 4 is 23.1 Å². The third kappa shape index (κ3) is 2.15. The fraction of sp³-hybridized carbons (Fsp3) is 0. The van der Waals surface area contributed by atoms with Gasteiger partial charge in [-0.05, 0) is 24.4 Å². The van der Waals surface area contributed by atoms with E-state index >= 15 is 0 Å². The van der Waals surface area contributed by atoms with Gasteiger partial charge < -0.3 is 0 Å². The van der Waals surface area contributed by atoms with Crippen molar-refractivity contribution in [1.29, 1.82) is 0 Å². The first-order valence-electron chi connectivity index (χ1n) is 4.49. The van der Waals surface area contributed by atoms with Gasteiger partial charge in [0.05, 0.1) is 10.8 Å². The lowest BCUT2D eigenvalue weighted by atomic mass is 10.1.